The van der Waals surface area contributed by atoms with Crippen LogP contribution in [0.2, 0.25) is 0 Å². The van der Waals surface area contributed by atoms with Gasteiger partial charge in [0.25, 0.3) is 5.91 Å². The largest absolute Gasteiger partial charge is 0.466 e. The first-order valence-corrected chi connectivity index (χ1v) is 6.89. The number of hydrogen-bond donors (Lipinski definition) is 2. The number of carbonyl (C=O) groups is 1. The molecule has 0 aliphatic heterocycles. The van der Waals surface area contributed by atoms with E-state index in [0.29, 0.717) is 17.1 Å². The van der Waals surface area contributed by atoms with Crippen molar-refractivity contribution in [2.24, 2.45) is 0 Å². The highest BCUT2D eigenvalue weighted by atomic mass is 19.4. The van der Waals surface area contributed by atoms with Gasteiger partial charge in [-0.1, -0.05) is 0 Å². The number of furan rings is 1. The van der Waals surface area contributed by atoms with Gasteiger partial charge in [0.1, 0.15) is 11.5 Å². The predicted molar refractivity (Wildman–Crippen MR) is 76.9 cm³/mol. The Balaban J connectivity index is 1.98. The second kappa shape index (κ2) is 6.45. The van der Waals surface area contributed by atoms with E-state index in [9.17, 15) is 23.1 Å². The van der Waals surface area contributed by atoms with E-state index < -0.39 is 23.8 Å². The number of halogens is 3. The minimum absolute atomic E-state index is 0.0698. The number of aliphatic hydroxyl groups is 1. The molecular formula is C16H16F3NO3. The summed E-state index contributed by atoms with van der Waals surface area (Å²) in [5.74, 6) is 0.639. The Morgan fingerprint density at radius 1 is 1.26 bits per heavy atom. The zero-order valence-electron chi connectivity index (χ0n) is 12.6. The van der Waals surface area contributed by atoms with Crippen molar-refractivity contribution in [1.82, 2.24) is 5.32 Å². The lowest BCUT2D eigenvalue weighted by Gasteiger charge is -2.12. The van der Waals surface area contributed by atoms with E-state index in [2.05, 4.69) is 5.32 Å². The molecule has 1 aromatic heterocycles. The maximum atomic E-state index is 12.5. The monoisotopic (exact) mass is 327 g/mol. The molecule has 0 bridgehead atoms. The normalized spacial score (nSPS) is 13.0. The van der Waals surface area contributed by atoms with Crippen LogP contribution in [0.1, 0.15) is 39.1 Å². The van der Waals surface area contributed by atoms with Crippen LogP contribution in [0.25, 0.3) is 0 Å². The van der Waals surface area contributed by atoms with Crippen molar-refractivity contribution in [3.05, 3.63) is 58.5 Å². The van der Waals surface area contributed by atoms with Crippen molar-refractivity contribution in [2.45, 2.75) is 26.1 Å². The summed E-state index contributed by atoms with van der Waals surface area (Å²) in [6.45, 7) is 3.37. The van der Waals surface area contributed by atoms with Gasteiger partial charge in [0.2, 0.25) is 0 Å². The Hall–Kier alpha value is -2.28. The van der Waals surface area contributed by atoms with Gasteiger partial charge in [-0.3, -0.25) is 4.79 Å². The molecular weight excluding hydrogens is 311 g/mol. The minimum atomic E-state index is -4.44. The Labute approximate surface area is 130 Å². The second-order valence-electron chi connectivity index (χ2n) is 5.17. The van der Waals surface area contributed by atoms with Crippen LogP contribution in [-0.2, 0) is 6.18 Å². The summed E-state index contributed by atoms with van der Waals surface area (Å²) < 4.78 is 42.7. The van der Waals surface area contributed by atoms with Crippen LogP contribution < -0.4 is 5.32 Å². The van der Waals surface area contributed by atoms with Crippen LogP contribution >= 0.6 is 0 Å². The van der Waals surface area contributed by atoms with Crippen LogP contribution in [0.5, 0.6) is 0 Å². The van der Waals surface area contributed by atoms with Gasteiger partial charge >= 0.3 is 6.18 Å². The lowest BCUT2D eigenvalue weighted by Crippen LogP contribution is -2.28. The van der Waals surface area contributed by atoms with Gasteiger partial charge in [0, 0.05) is 17.7 Å². The molecule has 1 unspecified atom stereocenters. The number of aryl methyl sites for hydroxylation is 2. The van der Waals surface area contributed by atoms with Crippen molar-refractivity contribution < 1.29 is 27.5 Å². The summed E-state index contributed by atoms with van der Waals surface area (Å²) in [4.78, 5) is 11.9. The molecule has 0 aliphatic rings. The van der Waals surface area contributed by atoms with Crippen molar-refractivity contribution >= 4 is 5.91 Å². The molecule has 0 aliphatic carbocycles. The first kappa shape index (κ1) is 17.1. The molecule has 0 saturated carbocycles. The minimum Gasteiger partial charge on any atom is -0.466 e. The molecule has 124 valence electrons. The van der Waals surface area contributed by atoms with Gasteiger partial charge in [-0.15, -0.1) is 0 Å². The Kier molecular flexibility index (Phi) is 4.79. The van der Waals surface area contributed by atoms with Gasteiger partial charge in [-0.2, -0.15) is 13.2 Å². The van der Waals surface area contributed by atoms with Crippen molar-refractivity contribution in [3.8, 4) is 0 Å². The van der Waals surface area contributed by atoms with E-state index in [4.69, 9.17) is 4.42 Å². The average Bonchev–Trinajstić information content (AvgIpc) is 2.82. The van der Waals surface area contributed by atoms with Gasteiger partial charge < -0.3 is 14.8 Å². The highest BCUT2D eigenvalue weighted by Crippen LogP contribution is 2.29. The Morgan fingerprint density at radius 2 is 1.87 bits per heavy atom. The molecule has 0 radical (unpaired) electrons. The number of amides is 1. The van der Waals surface area contributed by atoms with Crippen LogP contribution in [-0.4, -0.2) is 17.6 Å². The molecule has 0 saturated heterocycles. The second-order valence-corrected chi connectivity index (χ2v) is 5.17. The highest BCUT2D eigenvalue weighted by molar-refractivity contribution is 5.94. The number of aliphatic hydroxyl groups excluding tert-OH is 1. The molecule has 4 nitrogen and oxygen atoms in total. The Morgan fingerprint density at radius 3 is 2.35 bits per heavy atom. The van der Waals surface area contributed by atoms with Gasteiger partial charge in [0.05, 0.1) is 11.7 Å². The number of alkyl halides is 3. The summed E-state index contributed by atoms with van der Waals surface area (Å²) in [6, 6.07) is 5.55. The van der Waals surface area contributed by atoms with E-state index in [1.807, 2.05) is 0 Å². The van der Waals surface area contributed by atoms with Gasteiger partial charge in [-0.05, 0) is 44.2 Å². The summed E-state index contributed by atoms with van der Waals surface area (Å²) in [7, 11) is 0. The quantitative estimate of drug-likeness (QED) is 0.905. The molecule has 2 rings (SSSR count). The standard InChI is InChI=1S/C16H16F3NO3/c1-9-7-13(10(2)23-9)14(21)8-20-15(22)11-3-5-12(6-4-11)16(17,18)19/h3-7,14,21H,8H2,1-2H3,(H,20,22). The third-order valence-electron chi connectivity index (χ3n) is 3.37. The lowest BCUT2D eigenvalue weighted by molar-refractivity contribution is -0.137. The lowest BCUT2D eigenvalue weighted by atomic mass is 10.1. The van der Waals surface area contributed by atoms with E-state index in [1.54, 1.807) is 19.9 Å². The Bertz CT molecular complexity index is 690. The topological polar surface area (TPSA) is 62.5 Å². The molecule has 7 heteroatoms. The molecule has 1 atom stereocenters. The number of benzene rings is 1. The summed E-state index contributed by atoms with van der Waals surface area (Å²) in [5, 5.41) is 12.5. The zero-order chi connectivity index (χ0) is 17.2. The van der Waals surface area contributed by atoms with Crippen LogP contribution in [0.3, 0.4) is 0 Å². The van der Waals surface area contributed by atoms with E-state index in [0.717, 1.165) is 24.3 Å². The molecule has 0 fully saturated rings. The maximum absolute atomic E-state index is 12.5. The van der Waals surface area contributed by atoms with Gasteiger partial charge in [-0.25, -0.2) is 0 Å². The molecule has 1 aromatic carbocycles. The predicted octanol–water partition coefficient (Wildman–Crippen LogP) is 3.38. The number of carbonyl (C=O) groups excluding carboxylic acids is 1. The average molecular weight is 327 g/mol. The van der Waals surface area contributed by atoms with Crippen LogP contribution in [0.4, 0.5) is 13.2 Å². The summed E-state index contributed by atoms with van der Waals surface area (Å²) in [6.07, 6.45) is -5.40. The van der Waals surface area contributed by atoms with E-state index in [1.165, 1.54) is 0 Å². The molecule has 1 heterocycles. The van der Waals surface area contributed by atoms with Crippen LogP contribution in [0, 0.1) is 13.8 Å². The molecule has 1 amide bonds. The highest BCUT2D eigenvalue weighted by Gasteiger charge is 2.30. The summed E-state index contributed by atoms with van der Waals surface area (Å²) >= 11 is 0. The van der Waals surface area contributed by atoms with Gasteiger partial charge in [0.15, 0.2) is 0 Å². The smallest absolute Gasteiger partial charge is 0.416 e. The molecule has 23 heavy (non-hydrogen) atoms. The number of nitrogens with one attached hydrogen (secondary N) is 1. The van der Waals surface area contributed by atoms with Crippen molar-refractivity contribution in [1.29, 1.82) is 0 Å². The summed E-state index contributed by atoms with van der Waals surface area (Å²) in [5.41, 5.74) is -0.168. The fraction of sp³-hybridized carbons (Fsp3) is 0.312. The van der Waals surface area contributed by atoms with Crippen LogP contribution in [0.15, 0.2) is 34.7 Å². The number of rotatable bonds is 4. The first-order valence-electron chi connectivity index (χ1n) is 6.89. The van der Waals surface area contributed by atoms with Crippen molar-refractivity contribution in [3.63, 3.8) is 0 Å². The van der Waals surface area contributed by atoms with Crippen molar-refractivity contribution in [2.75, 3.05) is 6.54 Å². The molecule has 0 spiro atoms. The molecule has 2 N–H and O–H groups in total. The third kappa shape index (κ3) is 4.13. The van der Waals surface area contributed by atoms with E-state index >= 15 is 0 Å². The SMILES string of the molecule is Cc1cc(C(O)CNC(=O)c2ccc(C(F)(F)F)cc2)c(C)o1. The fourth-order valence-corrected chi connectivity index (χ4v) is 2.19. The van der Waals surface area contributed by atoms with E-state index in [-0.39, 0.29) is 12.1 Å². The molecule has 2 aromatic rings. The first-order chi connectivity index (χ1) is 10.7. The zero-order valence-corrected chi connectivity index (χ0v) is 12.6. The maximum Gasteiger partial charge on any atom is 0.416 e. The fourth-order valence-electron chi connectivity index (χ4n) is 2.19. The number of hydrogen-bond acceptors (Lipinski definition) is 3. The third-order valence-corrected chi connectivity index (χ3v) is 3.37.